The molecule has 0 radical (unpaired) electrons. The van der Waals surface area contributed by atoms with Gasteiger partial charge in [0.1, 0.15) is 5.83 Å². The molecular formula is C18H20ClFN4S. The monoisotopic (exact) mass is 378 g/mol. The molecule has 0 unspecified atom stereocenters. The summed E-state index contributed by atoms with van der Waals surface area (Å²) in [5.41, 5.74) is 2.13. The Morgan fingerprint density at radius 2 is 2.00 bits per heavy atom. The van der Waals surface area contributed by atoms with E-state index in [4.69, 9.17) is 11.6 Å². The number of nitrogens with one attached hydrogen (secondary N) is 2. The zero-order valence-electron chi connectivity index (χ0n) is 13.8. The average molecular weight is 379 g/mol. The van der Waals surface area contributed by atoms with Crippen LogP contribution >= 0.6 is 23.1 Å². The molecule has 1 aliphatic rings. The van der Waals surface area contributed by atoms with Gasteiger partial charge in [0.25, 0.3) is 0 Å². The van der Waals surface area contributed by atoms with Crippen LogP contribution in [0.3, 0.4) is 0 Å². The van der Waals surface area contributed by atoms with E-state index in [1.165, 1.54) is 17.1 Å². The smallest absolute Gasteiger partial charge is 0.202 e. The van der Waals surface area contributed by atoms with Gasteiger partial charge in [-0.3, -0.25) is 0 Å². The lowest BCUT2D eigenvalue weighted by Gasteiger charge is -2.10. The maximum Gasteiger partial charge on any atom is 0.202 e. The second-order valence-corrected chi connectivity index (χ2v) is 6.98. The van der Waals surface area contributed by atoms with Gasteiger partial charge >= 0.3 is 0 Å². The standard InChI is InChI=1S/C18H20ClFN4S/c19-15-6-4-14(5-7-15)17-23-18(25-24-17)22-11-10-21-9-8-13-2-1-3-16(20)12-13/h3-7,12,21H,1-2,8-11H2,(H,22,23,24). The third-order valence-electron chi connectivity index (χ3n) is 3.88. The van der Waals surface area contributed by atoms with E-state index in [1.807, 2.05) is 24.3 Å². The predicted molar refractivity (Wildman–Crippen MR) is 103 cm³/mol. The molecule has 1 heterocycles. The average Bonchev–Trinajstić information content (AvgIpc) is 3.07. The minimum Gasteiger partial charge on any atom is -0.359 e. The van der Waals surface area contributed by atoms with Crippen LogP contribution in [0, 0.1) is 0 Å². The molecule has 0 saturated heterocycles. The van der Waals surface area contributed by atoms with Crippen LogP contribution < -0.4 is 10.6 Å². The molecule has 0 aliphatic heterocycles. The molecule has 132 valence electrons. The van der Waals surface area contributed by atoms with Crippen LogP contribution in [0.1, 0.15) is 19.3 Å². The molecule has 3 rings (SSSR count). The number of anilines is 1. The van der Waals surface area contributed by atoms with Crippen molar-refractivity contribution < 1.29 is 4.39 Å². The normalized spacial score (nSPS) is 14.2. The molecule has 25 heavy (non-hydrogen) atoms. The van der Waals surface area contributed by atoms with Gasteiger partial charge in [-0.25, -0.2) is 4.39 Å². The van der Waals surface area contributed by atoms with Crippen LogP contribution in [-0.4, -0.2) is 29.0 Å². The van der Waals surface area contributed by atoms with Crippen molar-refractivity contribution in [3.05, 3.63) is 52.8 Å². The second kappa shape index (κ2) is 9.08. The van der Waals surface area contributed by atoms with E-state index in [1.54, 1.807) is 12.2 Å². The van der Waals surface area contributed by atoms with Crippen molar-refractivity contribution in [2.75, 3.05) is 25.0 Å². The Labute approximate surface area is 156 Å². The van der Waals surface area contributed by atoms with Crippen molar-refractivity contribution in [2.45, 2.75) is 19.3 Å². The zero-order chi connectivity index (χ0) is 17.5. The SMILES string of the molecule is FC1=CCCC(CCNCCNc2nc(-c3ccc(Cl)cc3)ns2)=C1. The number of aromatic nitrogens is 2. The molecule has 0 spiro atoms. The van der Waals surface area contributed by atoms with Crippen LogP contribution in [-0.2, 0) is 0 Å². The highest BCUT2D eigenvalue weighted by molar-refractivity contribution is 7.09. The lowest BCUT2D eigenvalue weighted by Crippen LogP contribution is -2.23. The second-order valence-electron chi connectivity index (χ2n) is 5.79. The quantitative estimate of drug-likeness (QED) is 0.646. The van der Waals surface area contributed by atoms with Gasteiger partial charge in [0.05, 0.1) is 0 Å². The summed E-state index contributed by atoms with van der Waals surface area (Å²) in [6.07, 6.45) is 5.96. The van der Waals surface area contributed by atoms with Crippen LogP contribution in [0.4, 0.5) is 9.52 Å². The zero-order valence-corrected chi connectivity index (χ0v) is 15.3. The minimum absolute atomic E-state index is 0.101. The molecule has 0 fully saturated rings. The summed E-state index contributed by atoms with van der Waals surface area (Å²) < 4.78 is 17.5. The molecule has 1 aromatic carbocycles. The van der Waals surface area contributed by atoms with Gasteiger partial charge in [-0.1, -0.05) is 17.2 Å². The van der Waals surface area contributed by atoms with Crippen LogP contribution in [0.2, 0.25) is 5.02 Å². The predicted octanol–water partition coefficient (Wildman–Crippen LogP) is 4.82. The first-order chi connectivity index (χ1) is 12.2. The van der Waals surface area contributed by atoms with Gasteiger partial charge < -0.3 is 10.6 Å². The third kappa shape index (κ3) is 5.63. The summed E-state index contributed by atoms with van der Waals surface area (Å²) in [4.78, 5) is 4.48. The van der Waals surface area contributed by atoms with Gasteiger partial charge in [0.15, 0.2) is 5.82 Å². The van der Waals surface area contributed by atoms with Crippen LogP contribution in [0.5, 0.6) is 0 Å². The number of halogens is 2. The highest BCUT2D eigenvalue weighted by atomic mass is 35.5. The maximum atomic E-state index is 13.1. The molecular weight excluding hydrogens is 359 g/mol. The number of allylic oxidation sites excluding steroid dienone is 3. The molecule has 0 amide bonds. The summed E-state index contributed by atoms with van der Waals surface area (Å²) in [5, 5.41) is 8.12. The van der Waals surface area contributed by atoms with Crippen molar-refractivity contribution in [1.82, 2.24) is 14.7 Å². The molecule has 4 nitrogen and oxygen atoms in total. The summed E-state index contributed by atoms with van der Waals surface area (Å²) in [6.45, 7) is 2.44. The van der Waals surface area contributed by atoms with E-state index in [-0.39, 0.29) is 5.83 Å². The van der Waals surface area contributed by atoms with Crippen LogP contribution in [0.15, 0.2) is 47.8 Å². The summed E-state index contributed by atoms with van der Waals surface area (Å²) in [7, 11) is 0. The largest absolute Gasteiger partial charge is 0.359 e. The molecule has 0 atom stereocenters. The summed E-state index contributed by atoms with van der Waals surface area (Å²) in [6, 6.07) is 7.48. The topological polar surface area (TPSA) is 49.8 Å². The van der Waals surface area contributed by atoms with E-state index >= 15 is 0 Å². The fourth-order valence-corrected chi connectivity index (χ4v) is 3.30. The molecule has 0 bridgehead atoms. The Morgan fingerprint density at radius 1 is 1.16 bits per heavy atom. The Hall–Kier alpha value is -1.76. The van der Waals surface area contributed by atoms with Gasteiger partial charge in [0, 0.05) is 35.2 Å². The molecule has 0 saturated carbocycles. The van der Waals surface area contributed by atoms with Crippen molar-refractivity contribution >= 4 is 28.3 Å². The van der Waals surface area contributed by atoms with E-state index in [2.05, 4.69) is 20.0 Å². The lowest BCUT2D eigenvalue weighted by atomic mass is 10.0. The fourth-order valence-electron chi connectivity index (χ4n) is 2.56. The number of hydrogen-bond donors (Lipinski definition) is 2. The van der Waals surface area contributed by atoms with E-state index < -0.39 is 0 Å². The first-order valence-electron chi connectivity index (χ1n) is 8.30. The minimum atomic E-state index is -0.101. The number of rotatable bonds is 8. The third-order valence-corrected chi connectivity index (χ3v) is 4.80. The fraction of sp³-hybridized carbons (Fsp3) is 0.333. The van der Waals surface area contributed by atoms with E-state index in [0.29, 0.717) is 10.8 Å². The molecule has 2 N–H and O–H groups in total. The molecule has 1 aromatic heterocycles. The summed E-state index contributed by atoms with van der Waals surface area (Å²) in [5.74, 6) is 0.604. The van der Waals surface area contributed by atoms with Gasteiger partial charge in [-0.2, -0.15) is 9.36 Å². The summed E-state index contributed by atoms with van der Waals surface area (Å²) >= 11 is 7.23. The lowest BCUT2D eigenvalue weighted by molar-refractivity contribution is 0.632. The Morgan fingerprint density at radius 3 is 2.80 bits per heavy atom. The van der Waals surface area contributed by atoms with E-state index in [0.717, 1.165) is 49.6 Å². The van der Waals surface area contributed by atoms with Crippen molar-refractivity contribution in [2.24, 2.45) is 0 Å². The molecule has 1 aliphatic carbocycles. The van der Waals surface area contributed by atoms with E-state index in [9.17, 15) is 4.39 Å². The Bertz CT molecular complexity index is 755. The number of benzene rings is 1. The van der Waals surface area contributed by atoms with Crippen molar-refractivity contribution in [3.63, 3.8) is 0 Å². The Balaban J connectivity index is 1.35. The van der Waals surface area contributed by atoms with Crippen molar-refractivity contribution in [3.8, 4) is 11.4 Å². The first-order valence-corrected chi connectivity index (χ1v) is 9.45. The Kier molecular flexibility index (Phi) is 6.55. The van der Waals surface area contributed by atoms with Gasteiger partial charge in [-0.05, 0) is 62.2 Å². The highest BCUT2D eigenvalue weighted by Crippen LogP contribution is 2.22. The first kappa shape index (κ1) is 18.0. The van der Waals surface area contributed by atoms with Gasteiger partial charge in [0.2, 0.25) is 5.13 Å². The molecule has 7 heteroatoms. The number of nitrogens with zero attached hydrogens (tertiary/aromatic N) is 2. The number of hydrogen-bond acceptors (Lipinski definition) is 5. The molecule has 2 aromatic rings. The maximum absolute atomic E-state index is 13.1. The highest BCUT2D eigenvalue weighted by Gasteiger charge is 2.06. The van der Waals surface area contributed by atoms with Gasteiger partial charge in [-0.15, -0.1) is 0 Å². The van der Waals surface area contributed by atoms with Crippen LogP contribution in [0.25, 0.3) is 11.4 Å². The van der Waals surface area contributed by atoms with Crippen molar-refractivity contribution in [1.29, 1.82) is 0 Å².